The molecule has 3 rings (SSSR count). The Morgan fingerprint density at radius 2 is 1.92 bits per heavy atom. The van der Waals surface area contributed by atoms with Crippen molar-refractivity contribution < 1.29 is 0 Å². The Hall–Kier alpha value is -3.21. The van der Waals surface area contributed by atoms with Gasteiger partial charge in [0.2, 0.25) is 17.8 Å². The molecule has 0 saturated heterocycles. The first kappa shape index (κ1) is 15.7. The Balaban J connectivity index is 2.10. The van der Waals surface area contributed by atoms with Gasteiger partial charge in [-0.1, -0.05) is 12.1 Å². The summed E-state index contributed by atoms with van der Waals surface area (Å²) < 4.78 is 1.79. The Morgan fingerprint density at radius 3 is 2.67 bits per heavy atom. The highest BCUT2D eigenvalue weighted by Crippen LogP contribution is 2.18. The van der Waals surface area contributed by atoms with E-state index >= 15 is 0 Å². The number of nitrogens with zero attached hydrogens (tertiary/aromatic N) is 6. The van der Waals surface area contributed by atoms with Gasteiger partial charge in [0.05, 0.1) is 17.1 Å². The lowest BCUT2D eigenvalue weighted by Crippen LogP contribution is -2.30. The molecule has 0 bridgehead atoms. The number of nitrogens with one attached hydrogen (secondary N) is 2. The molecule has 122 valence electrons. The van der Waals surface area contributed by atoms with Crippen molar-refractivity contribution in [1.82, 2.24) is 24.5 Å². The predicted octanol–water partition coefficient (Wildman–Crippen LogP) is 2.36. The van der Waals surface area contributed by atoms with Crippen molar-refractivity contribution in [3.63, 3.8) is 0 Å². The minimum atomic E-state index is -0.793. The van der Waals surface area contributed by atoms with Crippen LogP contribution in [0.2, 0.25) is 0 Å². The zero-order chi connectivity index (χ0) is 17.2. The molecule has 0 radical (unpaired) electrons. The van der Waals surface area contributed by atoms with Gasteiger partial charge >= 0.3 is 0 Å². The maximum atomic E-state index is 9.21. The Morgan fingerprint density at radius 1 is 1.17 bits per heavy atom. The van der Waals surface area contributed by atoms with E-state index in [1.165, 1.54) is 0 Å². The van der Waals surface area contributed by atoms with Crippen LogP contribution in [-0.2, 0) is 0 Å². The maximum Gasteiger partial charge on any atom is 0.242 e. The zero-order valence-corrected chi connectivity index (χ0v) is 13.8. The minimum Gasteiger partial charge on any atom is -0.354 e. The van der Waals surface area contributed by atoms with E-state index in [4.69, 9.17) is 0 Å². The number of imidazole rings is 1. The van der Waals surface area contributed by atoms with Crippen molar-refractivity contribution in [1.29, 1.82) is 5.26 Å². The van der Waals surface area contributed by atoms with Crippen LogP contribution < -0.4 is 10.6 Å². The summed E-state index contributed by atoms with van der Waals surface area (Å²) in [4.78, 5) is 17.6. The molecule has 0 spiro atoms. The summed E-state index contributed by atoms with van der Waals surface area (Å²) in [5, 5.41) is 15.3. The van der Waals surface area contributed by atoms with Crippen molar-refractivity contribution in [3.05, 3.63) is 30.6 Å². The topological polar surface area (TPSA) is 104 Å². The van der Waals surface area contributed by atoms with E-state index in [1.54, 1.807) is 24.7 Å². The van der Waals surface area contributed by atoms with Gasteiger partial charge in [-0.25, -0.2) is 4.98 Å². The van der Waals surface area contributed by atoms with Gasteiger partial charge in [-0.3, -0.25) is 4.57 Å². The lowest BCUT2D eigenvalue weighted by Gasteiger charge is -2.18. The fourth-order valence-corrected chi connectivity index (χ4v) is 2.19. The van der Waals surface area contributed by atoms with Crippen molar-refractivity contribution in [3.8, 4) is 12.0 Å². The van der Waals surface area contributed by atoms with Crippen LogP contribution in [0.3, 0.4) is 0 Å². The lowest BCUT2D eigenvalue weighted by molar-refractivity contribution is 0.713. The average Bonchev–Trinajstić information content (AvgIpc) is 2.98. The molecule has 2 heterocycles. The van der Waals surface area contributed by atoms with Gasteiger partial charge in [-0.2, -0.15) is 20.2 Å². The van der Waals surface area contributed by atoms with Crippen molar-refractivity contribution in [2.45, 2.75) is 26.3 Å². The normalized spacial score (nSPS) is 11.2. The molecule has 24 heavy (non-hydrogen) atoms. The molecule has 8 heteroatoms. The largest absolute Gasteiger partial charge is 0.354 e. The summed E-state index contributed by atoms with van der Waals surface area (Å²) in [7, 11) is 0. The van der Waals surface area contributed by atoms with Crippen LogP contribution in [0.5, 0.6) is 0 Å². The molecular formula is C16H18N8. The van der Waals surface area contributed by atoms with E-state index in [0.717, 1.165) is 11.0 Å². The molecule has 0 fully saturated rings. The fourth-order valence-electron chi connectivity index (χ4n) is 2.19. The van der Waals surface area contributed by atoms with Crippen LogP contribution in [-0.4, -0.2) is 36.6 Å². The molecule has 1 aromatic carbocycles. The molecule has 3 aromatic rings. The SMILES string of the molecule is CCNc1nc(NC(C)(C)C#N)nc(-n2cnc3ccccc32)n1. The molecule has 2 N–H and O–H groups in total. The number of rotatable bonds is 5. The second kappa shape index (κ2) is 6.12. The summed E-state index contributed by atoms with van der Waals surface area (Å²) in [6, 6.07) is 9.92. The smallest absolute Gasteiger partial charge is 0.242 e. The summed E-state index contributed by atoms with van der Waals surface area (Å²) in [5.74, 6) is 1.21. The van der Waals surface area contributed by atoms with E-state index in [1.807, 2.05) is 31.2 Å². The molecule has 2 aromatic heterocycles. The van der Waals surface area contributed by atoms with Gasteiger partial charge in [0.25, 0.3) is 0 Å². The maximum absolute atomic E-state index is 9.21. The third-order valence-electron chi connectivity index (χ3n) is 3.33. The molecule has 0 aliphatic heterocycles. The van der Waals surface area contributed by atoms with Crippen LogP contribution in [0.25, 0.3) is 17.0 Å². The number of fused-ring (bicyclic) bond motifs is 1. The highest BCUT2D eigenvalue weighted by Gasteiger charge is 2.19. The summed E-state index contributed by atoms with van der Waals surface area (Å²) in [5.41, 5.74) is 0.963. The average molecular weight is 322 g/mol. The predicted molar refractivity (Wildman–Crippen MR) is 91.9 cm³/mol. The summed E-state index contributed by atoms with van der Waals surface area (Å²) in [6.07, 6.45) is 1.68. The molecule has 0 amide bonds. The standard InChI is InChI=1S/C16H18N8/c1-4-18-13-20-14(23-16(2,3)9-17)22-15(21-13)24-10-19-11-7-5-6-8-12(11)24/h5-8,10H,4H2,1-3H3,(H2,18,20,21,22,23). The Bertz CT molecular complexity index is 906. The first-order chi connectivity index (χ1) is 11.5. The number of anilines is 2. The Labute approximate surface area is 139 Å². The second-order valence-corrected chi connectivity index (χ2v) is 5.78. The minimum absolute atomic E-state index is 0.334. The highest BCUT2D eigenvalue weighted by molar-refractivity contribution is 5.76. The van der Waals surface area contributed by atoms with Crippen molar-refractivity contribution >= 4 is 22.9 Å². The zero-order valence-electron chi connectivity index (χ0n) is 13.8. The second-order valence-electron chi connectivity index (χ2n) is 5.78. The van der Waals surface area contributed by atoms with Crippen LogP contribution >= 0.6 is 0 Å². The molecular weight excluding hydrogens is 304 g/mol. The van der Waals surface area contributed by atoms with Gasteiger partial charge < -0.3 is 10.6 Å². The van der Waals surface area contributed by atoms with Crippen LogP contribution in [0.15, 0.2) is 30.6 Å². The molecule has 0 aliphatic rings. The third kappa shape index (κ3) is 3.10. The number of para-hydroxylation sites is 2. The van der Waals surface area contributed by atoms with E-state index < -0.39 is 5.54 Å². The van der Waals surface area contributed by atoms with Gasteiger partial charge in [0.15, 0.2) is 0 Å². The monoisotopic (exact) mass is 322 g/mol. The number of benzene rings is 1. The first-order valence-electron chi connectivity index (χ1n) is 7.64. The molecule has 8 nitrogen and oxygen atoms in total. The molecule has 0 atom stereocenters. The van der Waals surface area contributed by atoms with Crippen molar-refractivity contribution in [2.75, 3.05) is 17.2 Å². The molecule has 0 aliphatic carbocycles. The van der Waals surface area contributed by atoms with Gasteiger partial charge in [0.1, 0.15) is 11.9 Å². The number of nitriles is 1. The Kier molecular flexibility index (Phi) is 4.00. The van der Waals surface area contributed by atoms with Crippen LogP contribution in [0, 0.1) is 11.3 Å². The fraction of sp³-hybridized carbons (Fsp3) is 0.312. The molecule has 0 unspecified atom stereocenters. The van der Waals surface area contributed by atoms with Crippen LogP contribution in [0.4, 0.5) is 11.9 Å². The van der Waals surface area contributed by atoms with Gasteiger partial charge in [0, 0.05) is 6.54 Å². The van der Waals surface area contributed by atoms with Crippen molar-refractivity contribution in [2.24, 2.45) is 0 Å². The number of aromatic nitrogens is 5. The number of hydrogen-bond donors (Lipinski definition) is 2. The van der Waals surface area contributed by atoms with Gasteiger partial charge in [-0.05, 0) is 32.9 Å². The summed E-state index contributed by atoms with van der Waals surface area (Å²) >= 11 is 0. The lowest BCUT2D eigenvalue weighted by atomic mass is 10.1. The van der Waals surface area contributed by atoms with E-state index in [0.29, 0.717) is 24.4 Å². The van der Waals surface area contributed by atoms with Gasteiger partial charge in [-0.15, -0.1) is 0 Å². The van der Waals surface area contributed by atoms with E-state index in [9.17, 15) is 5.26 Å². The van der Waals surface area contributed by atoms with E-state index in [2.05, 4.69) is 36.6 Å². The number of hydrogen-bond acceptors (Lipinski definition) is 7. The quantitative estimate of drug-likeness (QED) is 0.743. The van der Waals surface area contributed by atoms with E-state index in [-0.39, 0.29) is 0 Å². The summed E-state index contributed by atoms with van der Waals surface area (Å²) in [6.45, 7) is 6.16. The van der Waals surface area contributed by atoms with Crippen LogP contribution in [0.1, 0.15) is 20.8 Å². The first-order valence-corrected chi connectivity index (χ1v) is 7.64. The highest BCUT2D eigenvalue weighted by atomic mass is 15.3. The third-order valence-corrected chi connectivity index (χ3v) is 3.33. The molecule has 0 saturated carbocycles.